The number of aliphatic hydroxyl groups is 2. The maximum Gasteiger partial charge on any atom is 0.152 e. The molecule has 1 aromatic carbocycles. The lowest BCUT2D eigenvalue weighted by atomic mass is 10.0. The van der Waals surface area contributed by atoms with Gasteiger partial charge in [0, 0.05) is 6.42 Å². The van der Waals surface area contributed by atoms with Gasteiger partial charge in [-0.1, -0.05) is 65.7 Å². The summed E-state index contributed by atoms with van der Waals surface area (Å²) in [5.74, 6) is 1.53. The summed E-state index contributed by atoms with van der Waals surface area (Å²) in [6.45, 7) is 22.6. The molecule has 1 unspecified atom stereocenters. The van der Waals surface area contributed by atoms with Gasteiger partial charge in [0.05, 0.1) is 5.76 Å². The zero-order valence-electron chi connectivity index (χ0n) is 23.9. The highest BCUT2D eigenvalue weighted by Crippen LogP contribution is 2.23. The summed E-state index contributed by atoms with van der Waals surface area (Å²) in [5, 5.41) is 19.4. The molecule has 5 heteroatoms. The van der Waals surface area contributed by atoms with Gasteiger partial charge in [0.15, 0.2) is 6.10 Å². The molecule has 0 spiro atoms. The van der Waals surface area contributed by atoms with E-state index < -0.39 is 0 Å². The Kier molecular flexibility index (Phi) is 31.0. The summed E-state index contributed by atoms with van der Waals surface area (Å²) in [4.78, 5) is 0. The molecule has 0 saturated heterocycles. The normalized spacial score (nSPS) is 11.9. The van der Waals surface area contributed by atoms with Gasteiger partial charge in [0.1, 0.15) is 11.5 Å². The summed E-state index contributed by atoms with van der Waals surface area (Å²) in [6, 6.07) is 5.86. The molecule has 1 saturated carbocycles. The maximum absolute atomic E-state index is 10.2. The summed E-state index contributed by atoms with van der Waals surface area (Å²) in [7, 11) is 3.00. The van der Waals surface area contributed by atoms with Crippen molar-refractivity contribution in [3.63, 3.8) is 0 Å². The van der Waals surface area contributed by atoms with Gasteiger partial charge in [0.25, 0.3) is 0 Å². The monoisotopic (exact) mass is 480 g/mol. The second-order valence-corrected chi connectivity index (χ2v) is 7.61. The first kappa shape index (κ1) is 39.0. The van der Waals surface area contributed by atoms with Crippen molar-refractivity contribution in [1.29, 1.82) is 0 Å². The Morgan fingerprint density at radius 3 is 1.82 bits per heavy atom. The highest BCUT2D eigenvalue weighted by atomic mass is 16.5. The molecule has 34 heavy (non-hydrogen) atoms. The number of benzene rings is 1. The van der Waals surface area contributed by atoms with Crippen LogP contribution in [0.3, 0.4) is 0 Å². The van der Waals surface area contributed by atoms with Crippen molar-refractivity contribution in [3.8, 4) is 5.75 Å². The number of rotatable bonds is 7. The number of aliphatic hydroxyl groups excluding tert-OH is 2. The lowest BCUT2D eigenvalue weighted by molar-refractivity contribution is 0.186. The van der Waals surface area contributed by atoms with Crippen LogP contribution >= 0.6 is 0 Å². The van der Waals surface area contributed by atoms with E-state index in [1.165, 1.54) is 33.4 Å². The molecule has 0 heterocycles. The topological polar surface area (TPSA) is 102 Å². The molecule has 200 valence electrons. The van der Waals surface area contributed by atoms with Crippen LogP contribution in [0.15, 0.2) is 54.5 Å². The molecule has 6 N–H and O–H groups in total. The van der Waals surface area contributed by atoms with E-state index in [2.05, 4.69) is 24.6 Å². The van der Waals surface area contributed by atoms with Crippen molar-refractivity contribution in [2.24, 2.45) is 17.4 Å². The fourth-order valence-corrected chi connectivity index (χ4v) is 2.18. The third-order valence-electron chi connectivity index (χ3n) is 4.32. The molecule has 0 radical (unpaired) electrons. The number of hydrogen-bond donors (Lipinski definition) is 4. The fraction of sp³-hybridized carbons (Fsp3) is 0.586. The summed E-state index contributed by atoms with van der Waals surface area (Å²) >= 11 is 0. The minimum atomic E-state index is -0.370. The third-order valence-corrected chi connectivity index (χ3v) is 4.32. The highest BCUT2D eigenvalue weighted by molar-refractivity contribution is 5.35. The van der Waals surface area contributed by atoms with E-state index in [9.17, 15) is 10.2 Å². The first-order valence-corrected chi connectivity index (χ1v) is 12.4. The standard InChI is InChI=1S/C19H28O3.2C3H6.C2H6.2CH5N/c1-12(2)15(5)19(21)16(6)22-18-10-9-17(13(3)11-18)8-7-14(4)20;1-2-3-1;1-3-2;3*1-2/h9-12,16,20-21H,4,7-8H2,1-3,5-6H3;1-3H2;3H,1H2,2H3;1-2H3;2*2H2,1H3/b19-15+;;;;;. The Morgan fingerprint density at radius 1 is 1.06 bits per heavy atom. The number of aryl methyl sites for hydroxylation is 2. The fourth-order valence-electron chi connectivity index (χ4n) is 2.18. The van der Waals surface area contributed by atoms with E-state index in [4.69, 9.17) is 4.74 Å². The number of hydrogen-bond acceptors (Lipinski definition) is 5. The van der Waals surface area contributed by atoms with Crippen LogP contribution in [0.4, 0.5) is 0 Å². The van der Waals surface area contributed by atoms with Crippen molar-refractivity contribution in [3.05, 3.63) is 65.7 Å². The molecular weight excluding hydrogens is 424 g/mol. The van der Waals surface area contributed by atoms with Crippen LogP contribution < -0.4 is 16.2 Å². The van der Waals surface area contributed by atoms with Crippen molar-refractivity contribution in [2.75, 3.05) is 14.1 Å². The molecule has 1 atom stereocenters. The average Bonchev–Trinajstić information content (AvgIpc) is 3.71. The first-order chi connectivity index (χ1) is 16.1. The van der Waals surface area contributed by atoms with Gasteiger partial charge in [-0.25, -0.2) is 0 Å². The number of nitrogens with two attached hydrogens (primary N) is 2. The smallest absolute Gasteiger partial charge is 0.152 e. The first-order valence-electron chi connectivity index (χ1n) is 12.4. The van der Waals surface area contributed by atoms with E-state index >= 15 is 0 Å². The molecule has 1 aromatic rings. The van der Waals surface area contributed by atoms with Gasteiger partial charge < -0.3 is 26.4 Å². The van der Waals surface area contributed by atoms with E-state index in [1.54, 1.807) is 6.08 Å². The quantitative estimate of drug-likeness (QED) is 0.235. The molecule has 1 aliphatic carbocycles. The SMILES string of the molecule is C1CC1.C=C(O)CCc1ccc(OC(C)/C(O)=C(/C)C(C)C)cc1C.C=CC.CC.CN.CN. The third kappa shape index (κ3) is 22.9. The van der Waals surface area contributed by atoms with Gasteiger partial charge in [-0.2, -0.15) is 0 Å². The molecule has 0 aliphatic heterocycles. The predicted molar refractivity (Wildman–Crippen MR) is 153 cm³/mol. The van der Waals surface area contributed by atoms with Crippen LogP contribution in [0.1, 0.15) is 85.3 Å². The van der Waals surface area contributed by atoms with E-state index in [1.807, 2.05) is 73.6 Å². The number of ether oxygens (including phenoxy) is 1. The Balaban J connectivity index is -0.000000313. The molecule has 0 amide bonds. The summed E-state index contributed by atoms with van der Waals surface area (Å²) in [5.41, 5.74) is 12.2. The Hall–Kier alpha value is -2.24. The highest BCUT2D eigenvalue weighted by Gasteiger charge is 2.14. The van der Waals surface area contributed by atoms with Gasteiger partial charge >= 0.3 is 0 Å². The van der Waals surface area contributed by atoms with Crippen molar-refractivity contribution in [1.82, 2.24) is 0 Å². The number of allylic oxidation sites excluding steroid dienone is 3. The van der Waals surface area contributed by atoms with Crippen LogP contribution in [-0.4, -0.2) is 30.4 Å². The minimum absolute atomic E-state index is 0.201. The lowest BCUT2D eigenvalue weighted by Crippen LogP contribution is -2.17. The second-order valence-electron chi connectivity index (χ2n) is 7.61. The van der Waals surface area contributed by atoms with Crippen LogP contribution in [0.5, 0.6) is 5.75 Å². The second kappa shape index (κ2) is 27.0. The molecule has 2 rings (SSSR count). The maximum atomic E-state index is 10.2. The van der Waals surface area contributed by atoms with Gasteiger partial charge in [-0.3, -0.25) is 0 Å². The zero-order valence-corrected chi connectivity index (χ0v) is 23.9. The Morgan fingerprint density at radius 2 is 1.50 bits per heavy atom. The Bertz CT molecular complexity index is 648. The van der Waals surface area contributed by atoms with Gasteiger partial charge in [-0.05, 0) is 83.0 Å². The summed E-state index contributed by atoms with van der Waals surface area (Å²) in [6.07, 6.45) is 7.20. The average molecular weight is 481 g/mol. The van der Waals surface area contributed by atoms with E-state index in [-0.39, 0.29) is 11.9 Å². The van der Waals surface area contributed by atoms with Gasteiger partial charge in [0.2, 0.25) is 0 Å². The van der Waals surface area contributed by atoms with E-state index in [0.717, 1.165) is 28.9 Å². The molecule has 5 nitrogen and oxygen atoms in total. The molecule has 1 aliphatic rings. The molecule has 1 fully saturated rings. The largest absolute Gasteiger partial charge is 0.513 e. The van der Waals surface area contributed by atoms with Crippen LogP contribution in [0.2, 0.25) is 0 Å². The van der Waals surface area contributed by atoms with Crippen molar-refractivity contribution < 1.29 is 14.9 Å². The van der Waals surface area contributed by atoms with Crippen LogP contribution in [-0.2, 0) is 6.42 Å². The van der Waals surface area contributed by atoms with Crippen molar-refractivity contribution in [2.45, 2.75) is 93.6 Å². The predicted octanol–water partition coefficient (Wildman–Crippen LogP) is 7.79. The molecule has 0 bridgehead atoms. The molecule has 0 aromatic heterocycles. The summed E-state index contributed by atoms with van der Waals surface area (Å²) < 4.78 is 5.83. The van der Waals surface area contributed by atoms with Crippen LogP contribution in [0.25, 0.3) is 0 Å². The lowest BCUT2D eigenvalue weighted by Gasteiger charge is -2.19. The zero-order chi connectivity index (χ0) is 27.7. The van der Waals surface area contributed by atoms with E-state index in [0.29, 0.717) is 18.1 Å². The van der Waals surface area contributed by atoms with Crippen LogP contribution in [0, 0.1) is 12.8 Å². The minimum Gasteiger partial charge on any atom is -0.513 e. The van der Waals surface area contributed by atoms with Crippen molar-refractivity contribution >= 4 is 0 Å². The molecular formula is C29H56N2O3. The van der Waals surface area contributed by atoms with Gasteiger partial charge in [-0.15, -0.1) is 6.58 Å². The Labute approximate surface area is 211 Å².